The van der Waals surface area contributed by atoms with E-state index in [1.165, 1.54) is 366 Å². The molecule has 0 spiro atoms. The summed E-state index contributed by atoms with van der Waals surface area (Å²) in [4.78, 5) is 24.7. The normalized spacial score (nSPS) is 12.2. The fourth-order valence-corrected chi connectivity index (χ4v) is 11.9. The Kier molecular flexibility index (Phi) is 71.2. The summed E-state index contributed by atoms with van der Waals surface area (Å²) in [6.07, 6.45) is 95.4. The fourth-order valence-electron chi connectivity index (χ4n) is 11.9. The van der Waals surface area contributed by atoms with Crippen LogP contribution in [-0.2, 0) is 19.1 Å². The van der Waals surface area contributed by atoms with Gasteiger partial charge in [0.1, 0.15) is 6.61 Å². The highest BCUT2D eigenvalue weighted by atomic mass is 16.6. The standard InChI is InChI=1S/C76H146O5/c1-3-5-7-9-11-13-15-17-19-21-23-25-27-29-31-33-35-36-37-38-39-41-42-44-46-48-50-52-54-56-58-60-62-64-66-68-70-75(78)80-73-74(72-77)81-76(79)71-69-67-65-63-61-59-57-55-53-51-49-47-45-43-40-34-32-30-28-26-24-22-20-18-16-14-12-10-8-6-4-2/h16,18,22,24,74,77H,3-15,17,19-21,23,25-73H2,1-2H3/b18-16-,24-22-. The molecule has 0 amide bonds. The van der Waals surface area contributed by atoms with Crippen LogP contribution >= 0.6 is 0 Å². The Labute approximate surface area is 508 Å². The third kappa shape index (κ3) is 70.8. The maximum atomic E-state index is 12.4. The van der Waals surface area contributed by atoms with Gasteiger partial charge in [-0.1, -0.05) is 398 Å². The van der Waals surface area contributed by atoms with E-state index < -0.39 is 6.10 Å². The summed E-state index contributed by atoms with van der Waals surface area (Å²) in [6, 6.07) is 0. The molecule has 0 saturated carbocycles. The molecular weight excluding hydrogens is 993 g/mol. The van der Waals surface area contributed by atoms with Crippen molar-refractivity contribution in [3.8, 4) is 0 Å². The van der Waals surface area contributed by atoms with Gasteiger partial charge in [0.05, 0.1) is 6.61 Å². The zero-order valence-corrected chi connectivity index (χ0v) is 55.3. The van der Waals surface area contributed by atoms with E-state index in [1.54, 1.807) is 0 Å². The maximum Gasteiger partial charge on any atom is 0.306 e. The molecule has 0 saturated heterocycles. The molecule has 5 nitrogen and oxygen atoms in total. The molecule has 81 heavy (non-hydrogen) atoms. The topological polar surface area (TPSA) is 72.8 Å². The van der Waals surface area contributed by atoms with E-state index in [0.29, 0.717) is 12.8 Å². The quantitative estimate of drug-likeness (QED) is 0.0373. The average molecular weight is 1140 g/mol. The van der Waals surface area contributed by atoms with Crippen molar-refractivity contribution in [2.24, 2.45) is 0 Å². The second kappa shape index (κ2) is 72.6. The lowest BCUT2D eigenvalue weighted by molar-refractivity contribution is -0.161. The lowest BCUT2D eigenvalue weighted by Crippen LogP contribution is -2.28. The van der Waals surface area contributed by atoms with Gasteiger partial charge < -0.3 is 14.6 Å². The minimum absolute atomic E-state index is 0.0577. The summed E-state index contributed by atoms with van der Waals surface area (Å²) >= 11 is 0. The zero-order chi connectivity index (χ0) is 58.4. The van der Waals surface area contributed by atoms with Crippen molar-refractivity contribution < 1.29 is 24.2 Å². The van der Waals surface area contributed by atoms with Crippen LogP contribution in [0.25, 0.3) is 0 Å². The number of esters is 2. The van der Waals surface area contributed by atoms with E-state index in [0.717, 1.165) is 38.5 Å². The molecule has 0 fully saturated rings. The number of carbonyl (C=O) groups excluding carboxylic acids is 2. The SMILES string of the molecule is CCCCCCC/C=C\C/C=C\CCCCCCCCCCCCCCCCCCCCCC(=O)OC(CO)COC(=O)CCCCCCCCCCCCCCCCCCCCCCCCCCCCCCCCCCCCCC. The summed E-state index contributed by atoms with van der Waals surface area (Å²) in [5.74, 6) is -0.562. The van der Waals surface area contributed by atoms with Gasteiger partial charge >= 0.3 is 11.9 Å². The van der Waals surface area contributed by atoms with Crippen LogP contribution < -0.4 is 0 Å². The number of ether oxygens (including phenoxy) is 2. The van der Waals surface area contributed by atoms with Crippen LogP contribution in [0.3, 0.4) is 0 Å². The van der Waals surface area contributed by atoms with Gasteiger partial charge in [-0.05, 0) is 44.9 Å². The van der Waals surface area contributed by atoms with E-state index >= 15 is 0 Å². The first kappa shape index (κ1) is 79.4. The third-order valence-electron chi connectivity index (χ3n) is 17.5. The Morgan fingerprint density at radius 1 is 0.284 bits per heavy atom. The molecule has 0 aromatic heterocycles. The zero-order valence-electron chi connectivity index (χ0n) is 55.3. The smallest absolute Gasteiger partial charge is 0.306 e. The van der Waals surface area contributed by atoms with Crippen LogP contribution in [0, 0.1) is 0 Å². The first-order chi connectivity index (χ1) is 40.1. The molecule has 1 unspecified atom stereocenters. The van der Waals surface area contributed by atoms with Crippen molar-refractivity contribution >= 4 is 11.9 Å². The predicted molar refractivity (Wildman–Crippen MR) is 358 cm³/mol. The van der Waals surface area contributed by atoms with Gasteiger partial charge in [-0.25, -0.2) is 0 Å². The number of aliphatic hydroxyl groups excluding tert-OH is 1. The number of aliphatic hydroxyl groups is 1. The second-order valence-electron chi connectivity index (χ2n) is 25.7. The lowest BCUT2D eigenvalue weighted by atomic mass is 10.0. The molecule has 0 aromatic rings. The molecule has 5 heteroatoms. The molecule has 480 valence electrons. The van der Waals surface area contributed by atoms with E-state index in [-0.39, 0.29) is 25.2 Å². The van der Waals surface area contributed by atoms with Crippen molar-refractivity contribution in [1.82, 2.24) is 0 Å². The second-order valence-corrected chi connectivity index (χ2v) is 25.7. The van der Waals surface area contributed by atoms with Crippen LogP contribution in [0.4, 0.5) is 0 Å². The molecule has 0 aliphatic carbocycles. The first-order valence-electron chi connectivity index (χ1n) is 37.4. The van der Waals surface area contributed by atoms with Gasteiger partial charge in [0.15, 0.2) is 6.10 Å². The van der Waals surface area contributed by atoms with E-state index in [4.69, 9.17) is 9.47 Å². The number of rotatable bonds is 71. The van der Waals surface area contributed by atoms with Crippen LogP contribution in [0.2, 0.25) is 0 Å². The molecule has 0 heterocycles. The summed E-state index contributed by atoms with van der Waals surface area (Å²) < 4.78 is 10.8. The molecular formula is C76H146O5. The highest BCUT2D eigenvalue weighted by Crippen LogP contribution is 2.20. The fraction of sp³-hybridized carbons (Fsp3) is 0.921. The Morgan fingerprint density at radius 3 is 0.728 bits per heavy atom. The van der Waals surface area contributed by atoms with Crippen LogP contribution in [-0.4, -0.2) is 36.4 Å². The van der Waals surface area contributed by atoms with E-state index in [9.17, 15) is 14.7 Å². The third-order valence-corrected chi connectivity index (χ3v) is 17.5. The number of hydrogen-bond donors (Lipinski definition) is 1. The Balaban J connectivity index is 3.36. The highest BCUT2D eigenvalue weighted by molar-refractivity contribution is 5.70. The Bertz CT molecular complexity index is 1240. The average Bonchev–Trinajstić information content (AvgIpc) is 3.47. The van der Waals surface area contributed by atoms with Crippen molar-refractivity contribution in [3.05, 3.63) is 24.3 Å². The molecule has 0 aromatic carbocycles. The largest absolute Gasteiger partial charge is 0.462 e. The van der Waals surface area contributed by atoms with Crippen molar-refractivity contribution in [2.75, 3.05) is 13.2 Å². The first-order valence-corrected chi connectivity index (χ1v) is 37.4. The Hall–Kier alpha value is -1.62. The number of hydrogen-bond acceptors (Lipinski definition) is 5. The predicted octanol–water partition coefficient (Wildman–Crippen LogP) is 25.9. The molecule has 0 aliphatic heterocycles. The molecule has 0 radical (unpaired) electrons. The van der Waals surface area contributed by atoms with Gasteiger partial charge in [-0.3, -0.25) is 9.59 Å². The van der Waals surface area contributed by atoms with Gasteiger partial charge in [0.25, 0.3) is 0 Å². The molecule has 1 N–H and O–H groups in total. The van der Waals surface area contributed by atoms with Crippen LogP contribution in [0.5, 0.6) is 0 Å². The monoisotopic (exact) mass is 1140 g/mol. The van der Waals surface area contributed by atoms with Crippen LogP contribution in [0.15, 0.2) is 24.3 Å². The summed E-state index contributed by atoms with van der Waals surface area (Å²) in [6.45, 7) is 4.21. The lowest BCUT2D eigenvalue weighted by Gasteiger charge is -2.15. The molecule has 0 rings (SSSR count). The summed E-state index contributed by atoms with van der Waals surface area (Å²) in [5, 5.41) is 9.71. The molecule has 0 bridgehead atoms. The van der Waals surface area contributed by atoms with Crippen LogP contribution in [0.1, 0.15) is 431 Å². The molecule has 1 atom stereocenters. The van der Waals surface area contributed by atoms with E-state index in [1.807, 2.05) is 0 Å². The number of carbonyl (C=O) groups is 2. The van der Waals surface area contributed by atoms with Gasteiger partial charge in [-0.2, -0.15) is 0 Å². The maximum absolute atomic E-state index is 12.4. The number of unbranched alkanes of at least 4 members (excludes halogenated alkanes) is 59. The van der Waals surface area contributed by atoms with Gasteiger partial charge in [-0.15, -0.1) is 0 Å². The number of allylic oxidation sites excluding steroid dienone is 4. The summed E-state index contributed by atoms with van der Waals surface area (Å²) in [5.41, 5.74) is 0. The van der Waals surface area contributed by atoms with Crippen molar-refractivity contribution in [1.29, 1.82) is 0 Å². The minimum Gasteiger partial charge on any atom is -0.462 e. The van der Waals surface area contributed by atoms with Gasteiger partial charge in [0, 0.05) is 12.8 Å². The summed E-state index contributed by atoms with van der Waals surface area (Å²) in [7, 11) is 0. The Morgan fingerprint density at radius 2 is 0.494 bits per heavy atom. The van der Waals surface area contributed by atoms with Gasteiger partial charge in [0.2, 0.25) is 0 Å². The van der Waals surface area contributed by atoms with Crippen molar-refractivity contribution in [3.63, 3.8) is 0 Å². The van der Waals surface area contributed by atoms with Crippen molar-refractivity contribution in [2.45, 2.75) is 437 Å². The minimum atomic E-state index is -0.769. The molecule has 0 aliphatic rings. The van der Waals surface area contributed by atoms with E-state index in [2.05, 4.69) is 38.2 Å². The highest BCUT2D eigenvalue weighted by Gasteiger charge is 2.16.